The molecule has 0 saturated carbocycles. The van der Waals surface area contributed by atoms with Gasteiger partial charge in [0, 0.05) is 35.9 Å². The molecule has 31 heavy (non-hydrogen) atoms. The number of hydrogen-bond donors (Lipinski definition) is 1. The summed E-state index contributed by atoms with van der Waals surface area (Å²) in [6.45, 7) is 0.551. The Labute approximate surface area is 180 Å². The molecule has 0 aliphatic carbocycles. The fourth-order valence-electron chi connectivity index (χ4n) is 3.83. The highest BCUT2D eigenvalue weighted by Gasteiger charge is 2.33. The maximum atomic E-state index is 13.0. The van der Waals surface area contributed by atoms with Gasteiger partial charge in [-0.05, 0) is 36.2 Å². The van der Waals surface area contributed by atoms with Crippen LogP contribution in [0, 0.1) is 17.2 Å². The third kappa shape index (κ3) is 3.58. The Kier molecular flexibility index (Phi) is 4.77. The molecule has 1 atom stereocenters. The number of nitrogens with zero attached hydrogens (tertiary/aromatic N) is 4. The monoisotopic (exact) mass is 429 g/mol. The van der Waals surface area contributed by atoms with E-state index in [4.69, 9.17) is 5.26 Å². The first-order valence-corrected chi connectivity index (χ1v) is 11.4. The van der Waals surface area contributed by atoms with Crippen LogP contribution >= 0.6 is 0 Å². The molecule has 5 rings (SSSR count). The molecule has 0 radical (unpaired) electrons. The summed E-state index contributed by atoms with van der Waals surface area (Å²) in [6.07, 6.45) is 2.24. The number of nitrogens with one attached hydrogen (secondary N) is 1. The van der Waals surface area contributed by atoms with E-state index in [9.17, 15) is 8.42 Å². The minimum absolute atomic E-state index is 0.0114. The fraction of sp³-hybridized carbons (Fsp3) is 0.174. The van der Waals surface area contributed by atoms with Crippen molar-refractivity contribution in [1.29, 1.82) is 5.26 Å². The molecule has 4 aromatic rings. The van der Waals surface area contributed by atoms with Crippen LogP contribution in [0.5, 0.6) is 0 Å². The van der Waals surface area contributed by atoms with Gasteiger partial charge < -0.3 is 4.98 Å². The van der Waals surface area contributed by atoms with E-state index in [0.717, 1.165) is 27.9 Å². The van der Waals surface area contributed by atoms with Gasteiger partial charge in [-0.3, -0.25) is 0 Å². The van der Waals surface area contributed by atoms with Crippen molar-refractivity contribution in [2.45, 2.75) is 11.4 Å². The Morgan fingerprint density at radius 2 is 1.90 bits per heavy atom. The second-order valence-corrected chi connectivity index (χ2v) is 9.43. The van der Waals surface area contributed by atoms with Crippen LogP contribution in [0.4, 0.5) is 0 Å². The first-order chi connectivity index (χ1) is 15.0. The smallest absolute Gasteiger partial charge is 0.260 e. The molecule has 4 heterocycles. The summed E-state index contributed by atoms with van der Waals surface area (Å²) in [6, 6.07) is 21.1. The van der Waals surface area contributed by atoms with Crippen molar-refractivity contribution >= 4 is 21.1 Å². The summed E-state index contributed by atoms with van der Waals surface area (Å²) in [5.74, 6) is -0.267. The lowest BCUT2D eigenvalue weighted by Crippen LogP contribution is -2.29. The average molecular weight is 430 g/mol. The summed E-state index contributed by atoms with van der Waals surface area (Å²) >= 11 is 0. The zero-order valence-electron chi connectivity index (χ0n) is 16.6. The Balaban J connectivity index is 1.49. The Hall–Kier alpha value is -3.54. The summed E-state index contributed by atoms with van der Waals surface area (Å²) in [5.41, 5.74) is 4.06. The molecule has 1 aliphatic rings. The number of hydrogen-bond acceptors (Lipinski definition) is 5. The predicted molar refractivity (Wildman–Crippen MR) is 117 cm³/mol. The van der Waals surface area contributed by atoms with E-state index < -0.39 is 10.0 Å². The summed E-state index contributed by atoms with van der Waals surface area (Å²) in [7, 11) is -3.74. The predicted octanol–water partition coefficient (Wildman–Crippen LogP) is 3.83. The SMILES string of the molecule is N#CC1CCN(S(=O)(=O)c2cccc(-c3cnc4[nH]c(-c5ccccc5)cc4c3)n2)C1. The normalized spacial score (nSPS) is 17.1. The Morgan fingerprint density at radius 1 is 1.06 bits per heavy atom. The lowest BCUT2D eigenvalue weighted by atomic mass is 10.1. The third-order valence-corrected chi connectivity index (χ3v) is 7.28. The average Bonchev–Trinajstić information content (AvgIpc) is 3.47. The minimum Gasteiger partial charge on any atom is -0.339 e. The van der Waals surface area contributed by atoms with Crippen molar-refractivity contribution in [2.24, 2.45) is 5.92 Å². The topological polar surface area (TPSA) is 103 Å². The van der Waals surface area contributed by atoms with Crippen LogP contribution in [0.1, 0.15) is 6.42 Å². The van der Waals surface area contributed by atoms with Gasteiger partial charge in [0.2, 0.25) is 0 Å². The van der Waals surface area contributed by atoms with Crippen LogP contribution in [-0.2, 0) is 10.0 Å². The second kappa shape index (κ2) is 7.61. The molecule has 1 saturated heterocycles. The number of nitriles is 1. The standard InChI is InChI=1S/C23H19N5O2S/c24-13-16-9-10-28(15-16)31(29,30)22-8-4-7-20(26-22)19-11-18-12-21(27-23(18)25-14-19)17-5-2-1-3-6-17/h1-8,11-12,14,16H,9-10,15H2,(H,25,27). The maximum absolute atomic E-state index is 13.0. The third-order valence-electron chi connectivity index (χ3n) is 5.51. The van der Waals surface area contributed by atoms with E-state index in [1.54, 1.807) is 18.3 Å². The molecule has 1 N–H and O–H groups in total. The van der Waals surface area contributed by atoms with Crippen molar-refractivity contribution in [1.82, 2.24) is 19.3 Å². The van der Waals surface area contributed by atoms with Gasteiger partial charge in [0.1, 0.15) is 5.65 Å². The van der Waals surface area contributed by atoms with Gasteiger partial charge in [0.05, 0.1) is 17.7 Å². The molecule has 0 amide bonds. The molecular weight excluding hydrogens is 410 g/mol. The van der Waals surface area contributed by atoms with Gasteiger partial charge in [0.15, 0.2) is 5.03 Å². The molecule has 1 fully saturated rings. The van der Waals surface area contributed by atoms with E-state index in [1.165, 1.54) is 10.4 Å². The molecule has 1 aliphatic heterocycles. The first-order valence-electron chi connectivity index (χ1n) is 9.96. The molecule has 1 aromatic carbocycles. The zero-order valence-corrected chi connectivity index (χ0v) is 17.4. The quantitative estimate of drug-likeness (QED) is 0.531. The van der Waals surface area contributed by atoms with E-state index in [0.29, 0.717) is 18.7 Å². The summed E-state index contributed by atoms with van der Waals surface area (Å²) in [4.78, 5) is 12.2. The molecule has 154 valence electrons. The Morgan fingerprint density at radius 3 is 2.68 bits per heavy atom. The first kappa shape index (κ1) is 19.4. The van der Waals surface area contributed by atoms with Crippen LogP contribution in [0.2, 0.25) is 0 Å². The molecule has 3 aromatic heterocycles. The number of pyridine rings is 2. The number of fused-ring (bicyclic) bond motifs is 1. The van der Waals surface area contributed by atoms with Crippen molar-refractivity contribution < 1.29 is 8.42 Å². The van der Waals surface area contributed by atoms with Gasteiger partial charge in [-0.1, -0.05) is 36.4 Å². The fourth-order valence-corrected chi connectivity index (χ4v) is 5.28. The van der Waals surface area contributed by atoms with Gasteiger partial charge in [0.25, 0.3) is 10.0 Å². The molecular formula is C23H19N5O2S. The van der Waals surface area contributed by atoms with Gasteiger partial charge in [-0.2, -0.15) is 9.57 Å². The maximum Gasteiger partial charge on any atom is 0.260 e. The van der Waals surface area contributed by atoms with Gasteiger partial charge in [-0.25, -0.2) is 18.4 Å². The Bertz CT molecular complexity index is 1410. The number of aromatic nitrogens is 3. The molecule has 7 nitrogen and oxygen atoms in total. The number of rotatable bonds is 4. The van der Waals surface area contributed by atoms with Gasteiger partial charge in [-0.15, -0.1) is 0 Å². The minimum atomic E-state index is -3.74. The zero-order chi connectivity index (χ0) is 21.4. The highest BCUT2D eigenvalue weighted by atomic mass is 32.2. The number of H-pyrrole nitrogens is 1. The van der Waals surface area contributed by atoms with E-state index in [2.05, 4.69) is 21.0 Å². The highest BCUT2D eigenvalue weighted by Crippen LogP contribution is 2.28. The van der Waals surface area contributed by atoms with E-state index >= 15 is 0 Å². The van der Waals surface area contributed by atoms with E-state index in [-0.39, 0.29) is 17.5 Å². The van der Waals surface area contributed by atoms with Crippen LogP contribution in [0.25, 0.3) is 33.5 Å². The van der Waals surface area contributed by atoms with E-state index in [1.807, 2.05) is 42.5 Å². The summed E-state index contributed by atoms with van der Waals surface area (Å²) < 4.78 is 27.3. The van der Waals surface area contributed by atoms with Gasteiger partial charge >= 0.3 is 0 Å². The molecule has 0 spiro atoms. The van der Waals surface area contributed by atoms with Crippen LogP contribution < -0.4 is 0 Å². The van der Waals surface area contributed by atoms with Crippen molar-refractivity contribution in [2.75, 3.05) is 13.1 Å². The van der Waals surface area contributed by atoms with Crippen molar-refractivity contribution in [3.63, 3.8) is 0 Å². The number of benzene rings is 1. The molecule has 8 heteroatoms. The van der Waals surface area contributed by atoms with Crippen molar-refractivity contribution in [3.05, 3.63) is 66.9 Å². The highest BCUT2D eigenvalue weighted by molar-refractivity contribution is 7.89. The molecule has 0 bridgehead atoms. The lowest BCUT2D eigenvalue weighted by molar-refractivity contribution is 0.468. The number of aromatic amines is 1. The van der Waals surface area contributed by atoms with Crippen LogP contribution in [0.15, 0.2) is 71.9 Å². The summed E-state index contributed by atoms with van der Waals surface area (Å²) in [5, 5.41) is 9.99. The van der Waals surface area contributed by atoms with Crippen molar-refractivity contribution in [3.8, 4) is 28.6 Å². The second-order valence-electron chi connectivity index (χ2n) is 7.55. The van der Waals surface area contributed by atoms with Crippen LogP contribution in [-0.4, -0.2) is 40.8 Å². The van der Waals surface area contributed by atoms with Crippen LogP contribution in [0.3, 0.4) is 0 Å². The largest absolute Gasteiger partial charge is 0.339 e. The lowest BCUT2D eigenvalue weighted by Gasteiger charge is -2.15. The number of sulfonamides is 1. The molecule has 1 unspecified atom stereocenters.